The number of carbonyl (C=O) groups is 1. The number of amides is 1. The molecule has 1 amide bonds. The largest absolute Gasteiger partial charge is 0.356 e. The van der Waals surface area contributed by atoms with Crippen LogP contribution >= 0.6 is 12.2 Å². The third-order valence-corrected chi connectivity index (χ3v) is 4.63. The van der Waals surface area contributed by atoms with Gasteiger partial charge < -0.3 is 15.5 Å². The fourth-order valence-corrected chi connectivity index (χ4v) is 3.27. The first-order chi connectivity index (χ1) is 12.0. The molecule has 0 aliphatic carbocycles. The van der Waals surface area contributed by atoms with Crippen LogP contribution in [0.1, 0.15) is 36.9 Å². The van der Waals surface area contributed by atoms with Crippen LogP contribution in [0.4, 0.5) is 11.4 Å². The quantitative estimate of drug-likeness (QED) is 0.810. The van der Waals surface area contributed by atoms with Crippen molar-refractivity contribution in [2.75, 3.05) is 16.8 Å². The van der Waals surface area contributed by atoms with Crippen molar-refractivity contribution in [2.24, 2.45) is 0 Å². The van der Waals surface area contributed by atoms with E-state index in [1.165, 1.54) is 11.1 Å². The second-order valence-corrected chi connectivity index (χ2v) is 6.84. The average Bonchev–Trinajstić information content (AvgIpc) is 3.01. The van der Waals surface area contributed by atoms with Crippen LogP contribution in [-0.4, -0.2) is 17.6 Å². The highest BCUT2D eigenvalue weighted by Crippen LogP contribution is 2.24. The smallest absolute Gasteiger partial charge is 0.227 e. The van der Waals surface area contributed by atoms with Crippen LogP contribution in [0.25, 0.3) is 0 Å². The molecule has 5 heteroatoms. The Balaban J connectivity index is 1.62. The van der Waals surface area contributed by atoms with Crippen molar-refractivity contribution in [3.8, 4) is 0 Å². The standard InChI is InChI=1S/C20H23N3OS/c1-14-8-10-16(11-9-14)15(2)21-20(25)22-17-5-3-6-18(13-17)23-12-4-7-19(23)24/h3,5-6,8-11,13,15H,4,7,12H2,1-2H3,(H2,21,22,25). The van der Waals surface area contributed by atoms with Crippen LogP contribution in [0, 0.1) is 6.92 Å². The molecule has 1 unspecified atom stereocenters. The molecule has 4 nitrogen and oxygen atoms in total. The first-order valence-electron chi connectivity index (χ1n) is 8.57. The lowest BCUT2D eigenvalue weighted by atomic mass is 10.1. The molecule has 1 heterocycles. The first-order valence-corrected chi connectivity index (χ1v) is 8.98. The molecule has 1 saturated heterocycles. The van der Waals surface area contributed by atoms with Crippen molar-refractivity contribution in [2.45, 2.75) is 32.7 Å². The van der Waals surface area contributed by atoms with Gasteiger partial charge in [-0.2, -0.15) is 0 Å². The molecule has 0 aromatic heterocycles. The summed E-state index contributed by atoms with van der Waals surface area (Å²) in [5.41, 5.74) is 4.23. The van der Waals surface area contributed by atoms with Crippen LogP contribution in [0.5, 0.6) is 0 Å². The van der Waals surface area contributed by atoms with Gasteiger partial charge in [-0.3, -0.25) is 4.79 Å². The molecule has 2 aromatic rings. The highest BCUT2D eigenvalue weighted by Gasteiger charge is 2.21. The van der Waals surface area contributed by atoms with E-state index in [-0.39, 0.29) is 11.9 Å². The minimum Gasteiger partial charge on any atom is -0.356 e. The second-order valence-electron chi connectivity index (χ2n) is 6.43. The van der Waals surface area contributed by atoms with E-state index in [0.29, 0.717) is 11.5 Å². The summed E-state index contributed by atoms with van der Waals surface area (Å²) < 4.78 is 0. The van der Waals surface area contributed by atoms with Crippen LogP contribution in [0.3, 0.4) is 0 Å². The van der Waals surface area contributed by atoms with Gasteiger partial charge in [0, 0.05) is 24.3 Å². The second kappa shape index (κ2) is 7.66. The van der Waals surface area contributed by atoms with Crippen molar-refractivity contribution >= 4 is 34.6 Å². The number of nitrogens with zero attached hydrogens (tertiary/aromatic N) is 1. The van der Waals surface area contributed by atoms with Gasteiger partial charge in [0.05, 0.1) is 6.04 Å². The molecule has 1 atom stereocenters. The Morgan fingerprint density at radius 3 is 2.64 bits per heavy atom. The molecule has 130 valence electrons. The van der Waals surface area contributed by atoms with Gasteiger partial charge in [0.25, 0.3) is 0 Å². The molecule has 0 radical (unpaired) electrons. The summed E-state index contributed by atoms with van der Waals surface area (Å²) in [4.78, 5) is 13.7. The molecule has 3 rings (SSSR count). The molecule has 2 aromatic carbocycles. The van der Waals surface area contributed by atoms with Gasteiger partial charge in [-0.1, -0.05) is 35.9 Å². The minimum atomic E-state index is 0.115. The molecule has 1 fully saturated rings. The zero-order chi connectivity index (χ0) is 17.8. The number of hydrogen-bond donors (Lipinski definition) is 2. The SMILES string of the molecule is Cc1ccc(C(C)NC(=S)Nc2cccc(N3CCCC3=O)c2)cc1. The number of thiocarbonyl (C=S) groups is 1. The Morgan fingerprint density at radius 2 is 1.96 bits per heavy atom. The fraction of sp³-hybridized carbons (Fsp3) is 0.300. The normalized spacial score (nSPS) is 15.1. The van der Waals surface area contributed by atoms with Gasteiger partial charge in [-0.25, -0.2) is 0 Å². The van der Waals surface area contributed by atoms with Crippen molar-refractivity contribution < 1.29 is 4.79 Å². The van der Waals surface area contributed by atoms with E-state index in [9.17, 15) is 4.79 Å². The molecule has 1 aliphatic heterocycles. The van der Waals surface area contributed by atoms with Gasteiger partial charge in [0.2, 0.25) is 5.91 Å². The van der Waals surface area contributed by atoms with E-state index >= 15 is 0 Å². The average molecular weight is 353 g/mol. The highest BCUT2D eigenvalue weighted by molar-refractivity contribution is 7.80. The van der Waals surface area contributed by atoms with Crippen LogP contribution < -0.4 is 15.5 Å². The predicted octanol–water partition coefficient (Wildman–Crippen LogP) is 4.17. The molecule has 1 aliphatic rings. The third kappa shape index (κ3) is 4.37. The minimum absolute atomic E-state index is 0.115. The zero-order valence-electron chi connectivity index (χ0n) is 14.6. The number of benzene rings is 2. The lowest BCUT2D eigenvalue weighted by molar-refractivity contribution is -0.117. The summed E-state index contributed by atoms with van der Waals surface area (Å²) in [7, 11) is 0. The van der Waals surface area contributed by atoms with Crippen LogP contribution in [0.15, 0.2) is 48.5 Å². The van der Waals surface area contributed by atoms with Gasteiger partial charge in [-0.15, -0.1) is 0 Å². The van der Waals surface area contributed by atoms with Crippen LogP contribution in [0.2, 0.25) is 0 Å². The number of anilines is 2. The first kappa shape index (κ1) is 17.4. The fourth-order valence-electron chi connectivity index (χ4n) is 2.97. The van der Waals surface area contributed by atoms with E-state index in [2.05, 4.69) is 48.7 Å². The molecule has 0 spiro atoms. The molecule has 0 saturated carbocycles. The highest BCUT2D eigenvalue weighted by atomic mass is 32.1. The van der Waals surface area contributed by atoms with E-state index in [0.717, 1.165) is 24.3 Å². The van der Waals surface area contributed by atoms with Crippen LogP contribution in [-0.2, 0) is 4.79 Å². The monoisotopic (exact) mass is 353 g/mol. The number of aryl methyl sites for hydroxylation is 1. The van der Waals surface area contributed by atoms with Crippen molar-refractivity contribution in [3.63, 3.8) is 0 Å². The molecule has 2 N–H and O–H groups in total. The van der Waals surface area contributed by atoms with Crippen molar-refractivity contribution in [3.05, 3.63) is 59.7 Å². The topological polar surface area (TPSA) is 44.4 Å². The lowest BCUT2D eigenvalue weighted by Crippen LogP contribution is -2.31. The molecule has 25 heavy (non-hydrogen) atoms. The van der Waals surface area contributed by atoms with Gasteiger partial charge in [0.1, 0.15) is 0 Å². The van der Waals surface area contributed by atoms with Gasteiger partial charge in [0.15, 0.2) is 5.11 Å². The van der Waals surface area contributed by atoms with Crippen molar-refractivity contribution in [1.82, 2.24) is 5.32 Å². The van der Waals surface area contributed by atoms with Gasteiger partial charge in [-0.05, 0) is 56.2 Å². The summed E-state index contributed by atoms with van der Waals surface area (Å²) in [6, 6.07) is 16.3. The summed E-state index contributed by atoms with van der Waals surface area (Å²) in [6.45, 7) is 4.94. The Morgan fingerprint density at radius 1 is 1.20 bits per heavy atom. The Labute approximate surface area is 154 Å². The van der Waals surface area contributed by atoms with E-state index < -0.39 is 0 Å². The summed E-state index contributed by atoms with van der Waals surface area (Å²) in [6.07, 6.45) is 1.55. The predicted molar refractivity (Wildman–Crippen MR) is 107 cm³/mol. The van der Waals surface area contributed by atoms with E-state index in [1.807, 2.05) is 29.2 Å². The number of hydrogen-bond acceptors (Lipinski definition) is 2. The third-order valence-electron chi connectivity index (χ3n) is 4.41. The van der Waals surface area contributed by atoms with E-state index in [1.54, 1.807) is 0 Å². The maximum Gasteiger partial charge on any atom is 0.227 e. The molecule has 0 bridgehead atoms. The van der Waals surface area contributed by atoms with E-state index in [4.69, 9.17) is 12.2 Å². The Bertz CT molecular complexity index is 773. The number of rotatable bonds is 4. The van der Waals surface area contributed by atoms with Crippen molar-refractivity contribution in [1.29, 1.82) is 0 Å². The summed E-state index contributed by atoms with van der Waals surface area (Å²) in [5.74, 6) is 0.186. The maximum absolute atomic E-state index is 11.9. The summed E-state index contributed by atoms with van der Waals surface area (Å²) in [5, 5.41) is 7.08. The Hall–Kier alpha value is -2.40. The number of nitrogens with one attached hydrogen (secondary N) is 2. The van der Waals surface area contributed by atoms with Gasteiger partial charge >= 0.3 is 0 Å². The maximum atomic E-state index is 11.9. The lowest BCUT2D eigenvalue weighted by Gasteiger charge is -2.19. The summed E-state index contributed by atoms with van der Waals surface area (Å²) >= 11 is 5.44. The number of carbonyl (C=O) groups excluding carboxylic acids is 1. The molecular weight excluding hydrogens is 330 g/mol. The Kier molecular flexibility index (Phi) is 5.34. The molecular formula is C20H23N3OS. The zero-order valence-corrected chi connectivity index (χ0v) is 15.4.